The van der Waals surface area contributed by atoms with E-state index in [1.807, 2.05) is 6.07 Å². The van der Waals surface area contributed by atoms with Crippen LogP contribution in [-0.4, -0.2) is 14.3 Å². The first kappa shape index (κ1) is 12.7. The van der Waals surface area contributed by atoms with Gasteiger partial charge in [-0.3, -0.25) is 9.52 Å². The van der Waals surface area contributed by atoms with Crippen molar-refractivity contribution in [2.45, 2.75) is 11.3 Å². The van der Waals surface area contributed by atoms with Gasteiger partial charge in [-0.15, -0.1) is 0 Å². The van der Waals surface area contributed by atoms with Crippen molar-refractivity contribution in [1.29, 1.82) is 0 Å². The highest BCUT2D eigenvalue weighted by Gasteiger charge is 2.21. The maximum absolute atomic E-state index is 12.3. The lowest BCUT2D eigenvalue weighted by Gasteiger charge is -2.09. The van der Waals surface area contributed by atoms with Crippen molar-refractivity contribution in [3.63, 3.8) is 0 Å². The fourth-order valence-electron chi connectivity index (χ4n) is 2.09. The summed E-state index contributed by atoms with van der Waals surface area (Å²) in [5.41, 5.74) is 1.88. The average molecular weight is 288 g/mol. The smallest absolute Gasteiger partial charge is 0.261 e. The van der Waals surface area contributed by atoms with E-state index in [1.165, 1.54) is 12.1 Å². The molecular weight excluding hydrogens is 276 g/mol. The second-order valence-electron chi connectivity index (χ2n) is 4.52. The van der Waals surface area contributed by atoms with Crippen LogP contribution in [0.15, 0.2) is 53.4 Å². The standard InChI is InChI=1S/C14H12N2O3S/c17-14-9-10-8-12(6-7-13(10)15-14)20(18,19)16-11-4-2-1-3-5-11/h1-8,16H,9H2,(H,15,17). The molecule has 2 N–H and O–H groups in total. The highest BCUT2D eigenvalue weighted by Crippen LogP contribution is 2.26. The molecule has 20 heavy (non-hydrogen) atoms. The lowest BCUT2D eigenvalue weighted by atomic mass is 10.2. The Bertz CT molecular complexity index is 770. The number of amides is 1. The number of fused-ring (bicyclic) bond motifs is 1. The first-order valence-corrected chi connectivity index (χ1v) is 7.53. The predicted octanol–water partition coefficient (Wildman–Crippen LogP) is 1.98. The second kappa shape index (κ2) is 4.64. The first-order chi connectivity index (χ1) is 9.54. The van der Waals surface area contributed by atoms with Gasteiger partial charge in [0, 0.05) is 11.4 Å². The zero-order valence-electron chi connectivity index (χ0n) is 10.5. The molecule has 1 aliphatic heterocycles. The Balaban J connectivity index is 1.93. The molecule has 0 atom stereocenters. The van der Waals surface area contributed by atoms with E-state index in [-0.39, 0.29) is 17.2 Å². The van der Waals surface area contributed by atoms with Crippen LogP contribution in [0.4, 0.5) is 11.4 Å². The molecule has 0 aromatic heterocycles. The van der Waals surface area contributed by atoms with Gasteiger partial charge in [0.25, 0.3) is 10.0 Å². The van der Waals surface area contributed by atoms with Crippen molar-refractivity contribution in [1.82, 2.24) is 0 Å². The van der Waals surface area contributed by atoms with Crippen molar-refractivity contribution < 1.29 is 13.2 Å². The molecule has 1 amide bonds. The van der Waals surface area contributed by atoms with Gasteiger partial charge in [-0.1, -0.05) is 18.2 Å². The number of nitrogens with one attached hydrogen (secondary N) is 2. The Kier molecular flexibility index (Phi) is 2.94. The summed E-state index contributed by atoms with van der Waals surface area (Å²) >= 11 is 0. The Hall–Kier alpha value is -2.34. The molecule has 0 saturated carbocycles. The van der Waals surface area contributed by atoms with Gasteiger partial charge in [0.1, 0.15) is 0 Å². The second-order valence-corrected chi connectivity index (χ2v) is 6.20. The summed E-state index contributed by atoms with van der Waals surface area (Å²) in [6.45, 7) is 0. The van der Waals surface area contributed by atoms with E-state index >= 15 is 0 Å². The number of anilines is 2. The van der Waals surface area contributed by atoms with Gasteiger partial charge in [-0.05, 0) is 35.9 Å². The number of carbonyl (C=O) groups is 1. The van der Waals surface area contributed by atoms with E-state index in [9.17, 15) is 13.2 Å². The van der Waals surface area contributed by atoms with E-state index < -0.39 is 10.0 Å². The summed E-state index contributed by atoms with van der Waals surface area (Å²) in [5, 5.41) is 2.67. The Labute approximate surface area is 116 Å². The van der Waals surface area contributed by atoms with E-state index in [1.54, 1.807) is 30.3 Å². The van der Waals surface area contributed by atoms with Gasteiger partial charge in [0.15, 0.2) is 0 Å². The number of benzene rings is 2. The van der Waals surface area contributed by atoms with Gasteiger partial charge >= 0.3 is 0 Å². The third-order valence-corrected chi connectivity index (χ3v) is 4.42. The van der Waals surface area contributed by atoms with Crippen LogP contribution < -0.4 is 10.0 Å². The van der Waals surface area contributed by atoms with Gasteiger partial charge < -0.3 is 5.32 Å². The molecular formula is C14H12N2O3S. The predicted molar refractivity (Wildman–Crippen MR) is 76.0 cm³/mol. The fourth-order valence-corrected chi connectivity index (χ4v) is 3.20. The topological polar surface area (TPSA) is 75.3 Å². The maximum Gasteiger partial charge on any atom is 0.261 e. The monoisotopic (exact) mass is 288 g/mol. The molecule has 102 valence electrons. The number of para-hydroxylation sites is 1. The van der Waals surface area contributed by atoms with Crippen molar-refractivity contribution in [2.24, 2.45) is 0 Å². The maximum atomic E-state index is 12.3. The SMILES string of the molecule is O=C1Cc2cc(S(=O)(=O)Nc3ccccc3)ccc2N1. The van der Waals surface area contributed by atoms with Gasteiger partial charge in [0.2, 0.25) is 5.91 Å². The molecule has 0 aliphatic carbocycles. The minimum absolute atomic E-state index is 0.120. The van der Waals surface area contributed by atoms with E-state index in [4.69, 9.17) is 0 Å². The number of carbonyl (C=O) groups excluding carboxylic acids is 1. The van der Waals surface area contributed by atoms with Gasteiger partial charge in [-0.2, -0.15) is 0 Å². The Morgan fingerprint density at radius 1 is 1.05 bits per heavy atom. The van der Waals surface area contributed by atoms with Gasteiger partial charge in [0.05, 0.1) is 11.3 Å². The van der Waals surface area contributed by atoms with Crippen LogP contribution in [0.25, 0.3) is 0 Å². The summed E-state index contributed by atoms with van der Waals surface area (Å²) in [6.07, 6.45) is 0.212. The van der Waals surface area contributed by atoms with E-state index in [2.05, 4.69) is 10.0 Å². The largest absolute Gasteiger partial charge is 0.326 e. The summed E-state index contributed by atoms with van der Waals surface area (Å²) in [4.78, 5) is 11.4. The van der Waals surface area contributed by atoms with E-state index in [0.717, 1.165) is 0 Å². The zero-order chi connectivity index (χ0) is 14.2. The molecule has 3 rings (SSSR count). The zero-order valence-corrected chi connectivity index (χ0v) is 11.3. The average Bonchev–Trinajstić information content (AvgIpc) is 2.78. The molecule has 1 heterocycles. The molecule has 0 radical (unpaired) electrons. The normalized spacial score (nSPS) is 13.7. The number of hydrogen-bond donors (Lipinski definition) is 2. The minimum atomic E-state index is -3.64. The van der Waals surface area contributed by atoms with Crippen LogP contribution in [0.5, 0.6) is 0 Å². The molecule has 0 spiro atoms. The lowest BCUT2D eigenvalue weighted by molar-refractivity contribution is -0.115. The summed E-state index contributed by atoms with van der Waals surface area (Å²) in [5.74, 6) is -0.120. The van der Waals surface area contributed by atoms with Crippen LogP contribution in [0, 0.1) is 0 Å². The summed E-state index contributed by atoms with van der Waals surface area (Å²) in [7, 11) is -3.64. The molecule has 0 fully saturated rings. The third kappa shape index (κ3) is 2.37. The molecule has 6 heteroatoms. The summed E-state index contributed by atoms with van der Waals surface area (Å²) in [6, 6.07) is 13.3. The first-order valence-electron chi connectivity index (χ1n) is 6.05. The highest BCUT2D eigenvalue weighted by atomic mass is 32.2. The molecule has 1 aliphatic rings. The minimum Gasteiger partial charge on any atom is -0.326 e. The van der Waals surface area contributed by atoms with Gasteiger partial charge in [-0.25, -0.2) is 8.42 Å². The van der Waals surface area contributed by atoms with Crippen molar-refractivity contribution in [2.75, 3.05) is 10.0 Å². The van der Waals surface area contributed by atoms with E-state index in [0.29, 0.717) is 16.9 Å². The highest BCUT2D eigenvalue weighted by molar-refractivity contribution is 7.92. The van der Waals surface area contributed by atoms with Crippen LogP contribution in [0.1, 0.15) is 5.56 Å². The quantitative estimate of drug-likeness (QED) is 0.907. The van der Waals surface area contributed by atoms with Crippen molar-refractivity contribution >= 4 is 27.3 Å². The number of hydrogen-bond acceptors (Lipinski definition) is 3. The molecule has 0 bridgehead atoms. The molecule has 2 aromatic carbocycles. The fraction of sp³-hybridized carbons (Fsp3) is 0.0714. The van der Waals surface area contributed by atoms with Crippen LogP contribution in [0.2, 0.25) is 0 Å². The third-order valence-electron chi connectivity index (χ3n) is 3.04. The Morgan fingerprint density at radius 2 is 1.80 bits per heavy atom. The lowest BCUT2D eigenvalue weighted by Crippen LogP contribution is -2.13. The van der Waals surface area contributed by atoms with Crippen LogP contribution >= 0.6 is 0 Å². The summed E-state index contributed by atoms with van der Waals surface area (Å²) < 4.78 is 27.0. The molecule has 5 nitrogen and oxygen atoms in total. The van der Waals surface area contributed by atoms with Crippen LogP contribution in [0.3, 0.4) is 0 Å². The number of rotatable bonds is 3. The van der Waals surface area contributed by atoms with Crippen molar-refractivity contribution in [3.8, 4) is 0 Å². The molecule has 0 saturated heterocycles. The Morgan fingerprint density at radius 3 is 2.55 bits per heavy atom. The van der Waals surface area contributed by atoms with Crippen molar-refractivity contribution in [3.05, 3.63) is 54.1 Å². The molecule has 2 aromatic rings. The van der Waals surface area contributed by atoms with Crippen LogP contribution in [-0.2, 0) is 21.2 Å². The molecule has 0 unspecified atom stereocenters. The number of sulfonamides is 1.